The van der Waals surface area contributed by atoms with E-state index in [2.05, 4.69) is 9.88 Å². The van der Waals surface area contributed by atoms with E-state index in [0.29, 0.717) is 24.5 Å². The first-order chi connectivity index (χ1) is 13.1. The van der Waals surface area contributed by atoms with Gasteiger partial charge in [-0.3, -0.25) is 9.59 Å². The molecule has 1 atom stereocenters. The molecule has 4 rings (SSSR count). The number of ether oxygens (including phenoxy) is 1. The lowest BCUT2D eigenvalue weighted by Crippen LogP contribution is -2.56. The summed E-state index contributed by atoms with van der Waals surface area (Å²) in [5.41, 5.74) is 0.717. The smallest absolute Gasteiger partial charge is 0.265 e. The highest BCUT2D eigenvalue weighted by molar-refractivity contribution is 5.95. The van der Waals surface area contributed by atoms with Crippen molar-refractivity contribution in [3.05, 3.63) is 48.7 Å². The first-order valence-electron chi connectivity index (χ1n) is 9.12. The van der Waals surface area contributed by atoms with E-state index in [1.54, 1.807) is 17.2 Å². The highest BCUT2D eigenvalue weighted by Gasteiger charge is 2.36. The molecule has 140 valence electrons. The molecule has 27 heavy (non-hydrogen) atoms. The van der Waals surface area contributed by atoms with E-state index in [4.69, 9.17) is 4.74 Å². The quantitative estimate of drug-likeness (QED) is 0.807. The van der Waals surface area contributed by atoms with E-state index < -0.39 is 6.10 Å². The standard InChI is InChI=1S/C20H22N4O3/c1-15(25)24-14-18(27-17-7-3-2-6-16(17)24)20(26)23-12-10-22(11-13-23)19-8-4-5-9-21-19/h2-9,18H,10-14H2,1H3/t18-/m1/s1. The Morgan fingerprint density at radius 3 is 2.48 bits per heavy atom. The van der Waals surface area contributed by atoms with Crippen molar-refractivity contribution in [3.8, 4) is 5.75 Å². The number of amides is 2. The van der Waals surface area contributed by atoms with Crippen LogP contribution in [0.1, 0.15) is 6.92 Å². The van der Waals surface area contributed by atoms with Crippen molar-refractivity contribution in [3.63, 3.8) is 0 Å². The molecule has 1 aromatic carbocycles. The summed E-state index contributed by atoms with van der Waals surface area (Å²) >= 11 is 0. The van der Waals surface area contributed by atoms with Crippen LogP contribution < -0.4 is 14.5 Å². The van der Waals surface area contributed by atoms with Crippen LogP contribution in [-0.4, -0.2) is 60.5 Å². The second-order valence-electron chi connectivity index (χ2n) is 6.70. The zero-order chi connectivity index (χ0) is 18.8. The number of para-hydroxylation sites is 2. The third kappa shape index (κ3) is 3.45. The Balaban J connectivity index is 1.44. The lowest BCUT2D eigenvalue weighted by atomic mass is 10.1. The Labute approximate surface area is 158 Å². The van der Waals surface area contributed by atoms with E-state index in [1.165, 1.54) is 6.92 Å². The maximum atomic E-state index is 13.0. The first-order valence-corrected chi connectivity index (χ1v) is 9.12. The van der Waals surface area contributed by atoms with Crippen molar-refractivity contribution >= 4 is 23.3 Å². The summed E-state index contributed by atoms with van der Waals surface area (Å²) in [6, 6.07) is 13.2. The van der Waals surface area contributed by atoms with Gasteiger partial charge >= 0.3 is 0 Å². The molecule has 0 aliphatic carbocycles. The van der Waals surface area contributed by atoms with Gasteiger partial charge in [-0.05, 0) is 24.3 Å². The number of nitrogens with zero attached hydrogens (tertiary/aromatic N) is 4. The van der Waals surface area contributed by atoms with Crippen LogP contribution in [0.4, 0.5) is 11.5 Å². The zero-order valence-electron chi connectivity index (χ0n) is 15.2. The highest BCUT2D eigenvalue weighted by atomic mass is 16.5. The van der Waals surface area contributed by atoms with Gasteiger partial charge in [0.2, 0.25) is 5.91 Å². The van der Waals surface area contributed by atoms with Gasteiger partial charge in [0.15, 0.2) is 6.10 Å². The van der Waals surface area contributed by atoms with E-state index in [1.807, 2.05) is 41.3 Å². The number of hydrogen-bond acceptors (Lipinski definition) is 5. The molecule has 3 heterocycles. The summed E-state index contributed by atoms with van der Waals surface area (Å²) in [7, 11) is 0. The third-order valence-electron chi connectivity index (χ3n) is 4.99. The Hall–Kier alpha value is -3.09. The molecule has 0 bridgehead atoms. The van der Waals surface area contributed by atoms with Gasteiger partial charge in [0.05, 0.1) is 12.2 Å². The fourth-order valence-electron chi connectivity index (χ4n) is 3.56. The van der Waals surface area contributed by atoms with Crippen LogP contribution in [0, 0.1) is 0 Å². The normalized spacial score (nSPS) is 19.3. The van der Waals surface area contributed by atoms with Crippen molar-refractivity contribution < 1.29 is 14.3 Å². The lowest BCUT2D eigenvalue weighted by Gasteiger charge is -2.39. The molecule has 0 saturated carbocycles. The number of piperazine rings is 1. The minimum Gasteiger partial charge on any atom is -0.476 e. The highest BCUT2D eigenvalue weighted by Crippen LogP contribution is 2.33. The number of pyridine rings is 1. The molecular weight excluding hydrogens is 344 g/mol. The van der Waals surface area contributed by atoms with Gasteiger partial charge in [-0.25, -0.2) is 4.98 Å². The van der Waals surface area contributed by atoms with E-state index >= 15 is 0 Å². The monoisotopic (exact) mass is 366 g/mol. The molecule has 2 aliphatic rings. The van der Waals surface area contributed by atoms with Gasteiger partial charge < -0.3 is 19.4 Å². The fraction of sp³-hybridized carbons (Fsp3) is 0.350. The van der Waals surface area contributed by atoms with E-state index in [0.717, 1.165) is 18.9 Å². The average molecular weight is 366 g/mol. The number of carbonyl (C=O) groups is 2. The molecule has 0 unspecified atom stereocenters. The Kier molecular flexibility index (Phi) is 4.66. The van der Waals surface area contributed by atoms with Crippen LogP contribution in [-0.2, 0) is 9.59 Å². The van der Waals surface area contributed by atoms with Crippen LogP contribution >= 0.6 is 0 Å². The van der Waals surface area contributed by atoms with Crippen molar-refractivity contribution in [2.24, 2.45) is 0 Å². The third-order valence-corrected chi connectivity index (χ3v) is 4.99. The molecule has 1 aromatic heterocycles. The van der Waals surface area contributed by atoms with Gasteiger partial charge in [0.25, 0.3) is 5.91 Å². The predicted octanol–water partition coefficient (Wildman–Crippen LogP) is 1.54. The van der Waals surface area contributed by atoms with Crippen molar-refractivity contribution in [1.82, 2.24) is 9.88 Å². The van der Waals surface area contributed by atoms with Gasteiger partial charge in [-0.1, -0.05) is 18.2 Å². The number of carbonyl (C=O) groups excluding carboxylic acids is 2. The Morgan fingerprint density at radius 2 is 1.78 bits per heavy atom. The summed E-state index contributed by atoms with van der Waals surface area (Å²) in [5.74, 6) is 1.33. The van der Waals surface area contributed by atoms with E-state index in [-0.39, 0.29) is 18.4 Å². The molecule has 1 saturated heterocycles. The Bertz CT molecular complexity index is 834. The fourth-order valence-corrected chi connectivity index (χ4v) is 3.56. The summed E-state index contributed by atoms with van der Waals surface area (Å²) in [4.78, 5) is 35.0. The number of fused-ring (bicyclic) bond motifs is 1. The van der Waals surface area contributed by atoms with Crippen molar-refractivity contribution in [2.45, 2.75) is 13.0 Å². The van der Waals surface area contributed by atoms with Gasteiger partial charge in [-0.2, -0.15) is 0 Å². The number of aromatic nitrogens is 1. The maximum Gasteiger partial charge on any atom is 0.265 e. The summed E-state index contributed by atoms with van der Waals surface area (Å²) in [6.45, 7) is 4.42. The number of rotatable bonds is 2. The summed E-state index contributed by atoms with van der Waals surface area (Å²) in [5, 5.41) is 0. The van der Waals surface area contributed by atoms with Crippen LogP contribution in [0.5, 0.6) is 5.75 Å². The average Bonchev–Trinajstić information content (AvgIpc) is 2.73. The van der Waals surface area contributed by atoms with Crippen LogP contribution in [0.25, 0.3) is 0 Å². The molecule has 2 amide bonds. The zero-order valence-corrected chi connectivity index (χ0v) is 15.2. The number of benzene rings is 1. The molecule has 1 fully saturated rings. The van der Waals surface area contributed by atoms with Gasteiger partial charge in [0, 0.05) is 39.3 Å². The molecule has 0 radical (unpaired) electrons. The minimum atomic E-state index is -0.676. The molecule has 2 aromatic rings. The topological polar surface area (TPSA) is 66.0 Å². The largest absolute Gasteiger partial charge is 0.476 e. The second kappa shape index (κ2) is 7.26. The van der Waals surface area contributed by atoms with Crippen LogP contribution in [0.3, 0.4) is 0 Å². The Morgan fingerprint density at radius 1 is 1.04 bits per heavy atom. The molecular formula is C20H22N4O3. The van der Waals surface area contributed by atoms with Crippen molar-refractivity contribution in [1.29, 1.82) is 0 Å². The molecule has 0 N–H and O–H groups in total. The minimum absolute atomic E-state index is 0.0728. The first kappa shape index (κ1) is 17.3. The van der Waals surface area contributed by atoms with Crippen LogP contribution in [0.2, 0.25) is 0 Å². The summed E-state index contributed by atoms with van der Waals surface area (Å²) < 4.78 is 5.93. The second-order valence-corrected chi connectivity index (χ2v) is 6.70. The predicted molar refractivity (Wildman–Crippen MR) is 102 cm³/mol. The van der Waals surface area contributed by atoms with Gasteiger partial charge in [0.1, 0.15) is 11.6 Å². The number of anilines is 2. The van der Waals surface area contributed by atoms with Crippen LogP contribution in [0.15, 0.2) is 48.7 Å². The van der Waals surface area contributed by atoms with Crippen molar-refractivity contribution in [2.75, 3.05) is 42.5 Å². The number of hydrogen-bond donors (Lipinski definition) is 0. The molecule has 0 spiro atoms. The molecule has 7 nitrogen and oxygen atoms in total. The molecule has 2 aliphatic heterocycles. The summed E-state index contributed by atoms with van der Waals surface area (Å²) in [6.07, 6.45) is 1.10. The van der Waals surface area contributed by atoms with Gasteiger partial charge in [-0.15, -0.1) is 0 Å². The lowest BCUT2D eigenvalue weighted by molar-refractivity contribution is -0.139. The maximum absolute atomic E-state index is 13.0. The van der Waals surface area contributed by atoms with E-state index in [9.17, 15) is 9.59 Å². The SMILES string of the molecule is CC(=O)N1C[C@H](C(=O)N2CCN(c3ccccn3)CC2)Oc2ccccc21. The molecule has 7 heteroatoms.